The average Bonchev–Trinajstić information content (AvgIpc) is 2.84. The molecule has 1 fully saturated rings. The number of hydrogen-bond donors (Lipinski definition) is 1. The summed E-state index contributed by atoms with van der Waals surface area (Å²) in [5.41, 5.74) is 1.57. The Bertz CT molecular complexity index is 631. The molecule has 0 aromatic carbocycles. The molecule has 0 aliphatic carbocycles. The molecular formula is C18H23N3O2. The van der Waals surface area contributed by atoms with Crippen molar-refractivity contribution in [2.75, 3.05) is 13.1 Å². The van der Waals surface area contributed by atoms with Gasteiger partial charge < -0.3 is 14.6 Å². The van der Waals surface area contributed by atoms with Crippen molar-refractivity contribution < 1.29 is 9.21 Å². The lowest BCUT2D eigenvalue weighted by Crippen LogP contribution is -2.40. The quantitative estimate of drug-likeness (QED) is 0.943. The summed E-state index contributed by atoms with van der Waals surface area (Å²) < 4.78 is 5.32. The molecule has 1 saturated heterocycles. The maximum absolute atomic E-state index is 13.1. The summed E-state index contributed by atoms with van der Waals surface area (Å²) >= 11 is 0. The molecule has 1 N–H and O–H groups in total. The van der Waals surface area contributed by atoms with Gasteiger partial charge in [0, 0.05) is 12.2 Å². The molecule has 1 unspecified atom stereocenters. The highest BCUT2D eigenvalue weighted by Gasteiger charge is 2.27. The lowest BCUT2D eigenvalue weighted by molar-refractivity contribution is 0.0640. The first-order chi connectivity index (χ1) is 11.3. The summed E-state index contributed by atoms with van der Waals surface area (Å²) in [6.07, 6.45) is 6.42. The first-order valence-corrected chi connectivity index (χ1v) is 8.21. The highest BCUT2D eigenvalue weighted by molar-refractivity contribution is 5.95. The van der Waals surface area contributed by atoms with E-state index < -0.39 is 0 Å². The molecule has 1 amide bonds. The molecule has 5 nitrogen and oxygen atoms in total. The molecule has 1 atom stereocenters. The van der Waals surface area contributed by atoms with Gasteiger partial charge in [-0.15, -0.1) is 0 Å². The van der Waals surface area contributed by atoms with Gasteiger partial charge in [0.25, 0.3) is 5.91 Å². The van der Waals surface area contributed by atoms with E-state index in [2.05, 4.69) is 10.3 Å². The number of aryl methyl sites for hydroxylation is 1. The van der Waals surface area contributed by atoms with Crippen LogP contribution in [0.2, 0.25) is 0 Å². The maximum Gasteiger partial charge on any atom is 0.257 e. The number of amides is 1. The number of pyridine rings is 1. The van der Waals surface area contributed by atoms with E-state index >= 15 is 0 Å². The van der Waals surface area contributed by atoms with E-state index in [1.165, 1.54) is 0 Å². The second-order valence-corrected chi connectivity index (χ2v) is 5.98. The van der Waals surface area contributed by atoms with Crippen LogP contribution < -0.4 is 5.32 Å². The number of aromatic nitrogens is 1. The summed E-state index contributed by atoms with van der Waals surface area (Å²) in [5, 5.41) is 3.41. The minimum atomic E-state index is 0.0359. The minimum absolute atomic E-state index is 0.0359. The van der Waals surface area contributed by atoms with E-state index in [4.69, 9.17) is 4.42 Å². The fourth-order valence-corrected chi connectivity index (χ4v) is 3.11. The van der Waals surface area contributed by atoms with Crippen LogP contribution in [-0.4, -0.2) is 34.9 Å². The van der Waals surface area contributed by atoms with Gasteiger partial charge >= 0.3 is 0 Å². The fraction of sp³-hybridized carbons (Fsp3) is 0.444. The molecule has 0 radical (unpaired) electrons. The number of hydrogen-bond acceptors (Lipinski definition) is 4. The van der Waals surface area contributed by atoms with Crippen molar-refractivity contribution in [3.8, 4) is 0 Å². The Kier molecular flexibility index (Phi) is 5.08. The van der Waals surface area contributed by atoms with Gasteiger partial charge in [-0.25, -0.2) is 0 Å². The van der Waals surface area contributed by atoms with Crippen LogP contribution >= 0.6 is 0 Å². The monoisotopic (exact) mass is 313 g/mol. The zero-order valence-corrected chi connectivity index (χ0v) is 13.5. The van der Waals surface area contributed by atoms with Crippen LogP contribution in [0.1, 0.15) is 41.1 Å². The number of nitrogens with zero attached hydrogens (tertiary/aromatic N) is 2. The Labute approximate surface area is 136 Å². The van der Waals surface area contributed by atoms with E-state index in [0.717, 1.165) is 38.0 Å². The van der Waals surface area contributed by atoms with E-state index in [1.807, 2.05) is 30.0 Å². The lowest BCUT2D eigenvalue weighted by atomic mass is 10.1. The Morgan fingerprint density at radius 2 is 2.26 bits per heavy atom. The van der Waals surface area contributed by atoms with Gasteiger partial charge in [-0.3, -0.25) is 9.78 Å². The van der Waals surface area contributed by atoms with E-state index in [0.29, 0.717) is 17.9 Å². The molecule has 3 rings (SSSR count). The molecule has 0 saturated carbocycles. The van der Waals surface area contributed by atoms with E-state index in [1.54, 1.807) is 18.5 Å². The standard InChI is InChI=1S/C18H23N3O2/c1-14-17(8-12-23-14)18(22)21(13-15-5-2-3-10-20-15)16-6-4-9-19-11-7-16/h2-3,5,8,10,12,16,19H,4,6-7,9,11,13H2,1H3. The smallest absolute Gasteiger partial charge is 0.257 e. The third-order valence-electron chi connectivity index (χ3n) is 4.39. The highest BCUT2D eigenvalue weighted by Crippen LogP contribution is 2.21. The van der Waals surface area contributed by atoms with Crippen LogP contribution in [0.15, 0.2) is 41.1 Å². The van der Waals surface area contributed by atoms with Crippen molar-refractivity contribution in [1.82, 2.24) is 15.2 Å². The molecule has 2 aromatic heterocycles. The van der Waals surface area contributed by atoms with Gasteiger partial charge in [0.2, 0.25) is 0 Å². The lowest BCUT2D eigenvalue weighted by Gasteiger charge is -2.31. The summed E-state index contributed by atoms with van der Waals surface area (Å²) in [4.78, 5) is 19.4. The molecule has 23 heavy (non-hydrogen) atoms. The largest absolute Gasteiger partial charge is 0.469 e. The minimum Gasteiger partial charge on any atom is -0.469 e. The normalized spacial score (nSPS) is 18.4. The number of carbonyl (C=O) groups excluding carboxylic acids is 1. The Hall–Kier alpha value is -2.14. The molecule has 1 aliphatic heterocycles. The molecule has 122 valence electrons. The Balaban J connectivity index is 1.86. The first-order valence-electron chi connectivity index (χ1n) is 8.21. The second-order valence-electron chi connectivity index (χ2n) is 5.98. The topological polar surface area (TPSA) is 58.4 Å². The third kappa shape index (κ3) is 3.79. The first kappa shape index (κ1) is 15.7. The predicted octanol–water partition coefficient (Wildman–Crippen LogP) is 2.77. The Morgan fingerprint density at radius 1 is 1.35 bits per heavy atom. The predicted molar refractivity (Wildman–Crippen MR) is 88.1 cm³/mol. The van der Waals surface area contributed by atoms with Gasteiger partial charge in [-0.05, 0) is 57.5 Å². The van der Waals surface area contributed by atoms with Crippen molar-refractivity contribution in [1.29, 1.82) is 0 Å². The van der Waals surface area contributed by atoms with Gasteiger partial charge in [0.1, 0.15) is 5.76 Å². The number of rotatable bonds is 4. The van der Waals surface area contributed by atoms with Crippen molar-refractivity contribution in [2.24, 2.45) is 0 Å². The van der Waals surface area contributed by atoms with Crippen LogP contribution in [0, 0.1) is 6.92 Å². The molecule has 0 bridgehead atoms. The average molecular weight is 313 g/mol. The molecular weight excluding hydrogens is 290 g/mol. The SMILES string of the molecule is Cc1occc1C(=O)N(Cc1ccccn1)C1CCCNCC1. The van der Waals surface area contributed by atoms with Crippen LogP contribution in [-0.2, 0) is 6.54 Å². The summed E-state index contributed by atoms with van der Waals surface area (Å²) in [6.45, 7) is 4.34. The van der Waals surface area contributed by atoms with Crippen molar-refractivity contribution in [3.63, 3.8) is 0 Å². The van der Waals surface area contributed by atoms with Gasteiger partial charge in [-0.1, -0.05) is 6.07 Å². The summed E-state index contributed by atoms with van der Waals surface area (Å²) in [7, 11) is 0. The van der Waals surface area contributed by atoms with E-state index in [9.17, 15) is 4.79 Å². The highest BCUT2D eigenvalue weighted by atomic mass is 16.3. The molecule has 2 aromatic rings. The third-order valence-corrected chi connectivity index (χ3v) is 4.39. The van der Waals surface area contributed by atoms with Gasteiger partial charge in [0.15, 0.2) is 0 Å². The number of furan rings is 1. The Morgan fingerprint density at radius 3 is 3.00 bits per heavy atom. The molecule has 0 spiro atoms. The van der Waals surface area contributed by atoms with Crippen LogP contribution in [0.25, 0.3) is 0 Å². The summed E-state index contributed by atoms with van der Waals surface area (Å²) in [6, 6.07) is 7.82. The molecule has 3 heterocycles. The second kappa shape index (κ2) is 7.42. The van der Waals surface area contributed by atoms with Crippen LogP contribution in [0.4, 0.5) is 0 Å². The zero-order chi connectivity index (χ0) is 16.1. The van der Waals surface area contributed by atoms with Crippen molar-refractivity contribution >= 4 is 5.91 Å². The summed E-state index contributed by atoms with van der Waals surface area (Å²) in [5.74, 6) is 0.710. The molecule has 1 aliphatic rings. The van der Waals surface area contributed by atoms with Crippen LogP contribution in [0.5, 0.6) is 0 Å². The van der Waals surface area contributed by atoms with E-state index in [-0.39, 0.29) is 11.9 Å². The van der Waals surface area contributed by atoms with Gasteiger partial charge in [-0.2, -0.15) is 0 Å². The molecule has 5 heteroatoms. The van der Waals surface area contributed by atoms with Crippen LogP contribution in [0.3, 0.4) is 0 Å². The maximum atomic E-state index is 13.1. The van der Waals surface area contributed by atoms with Crippen molar-refractivity contribution in [3.05, 3.63) is 53.7 Å². The van der Waals surface area contributed by atoms with Gasteiger partial charge in [0.05, 0.1) is 24.1 Å². The number of carbonyl (C=O) groups is 1. The number of nitrogens with one attached hydrogen (secondary N) is 1. The van der Waals surface area contributed by atoms with Crippen molar-refractivity contribution in [2.45, 2.75) is 38.8 Å². The zero-order valence-electron chi connectivity index (χ0n) is 13.5. The fourth-order valence-electron chi connectivity index (χ4n) is 3.11.